The maximum absolute atomic E-state index is 15.1. The quantitative estimate of drug-likeness (QED) is 0.501. The highest BCUT2D eigenvalue weighted by atomic mass is 19.1. The molecule has 1 aliphatic heterocycles. The van der Waals surface area contributed by atoms with Crippen LogP contribution in [0.2, 0.25) is 0 Å². The van der Waals surface area contributed by atoms with Crippen molar-refractivity contribution in [1.29, 1.82) is 0 Å². The summed E-state index contributed by atoms with van der Waals surface area (Å²) in [7, 11) is 0. The molecule has 2 fully saturated rings. The molecule has 1 amide bonds. The molecule has 0 unspecified atom stereocenters. The van der Waals surface area contributed by atoms with Crippen LogP contribution in [0.5, 0.6) is 0 Å². The number of halogens is 1. The molecule has 0 spiro atoms. The number of anilines is 3. The average Bonchev–Trinajstić information content (AvgIpc) is 3.55. The Morgan fingerprint density at radius 2 is 2.12 bits per heavy atom. The van der Waals surface area contributed by atoms with Gasteiger partial charge in [-0.25, -0.2) is 14.2 Å². The Balaban J connectivity index is 1.30. The van der Waals surface area contributed by atoms with Crippen molar-refractivity contribution in [2.75, 3.05) is 36.5 Å². The van der Waals surface area contributed by atoms with Crippen molar-refractivity contribution in [3.63, 3.8) is 0 Å². The number of rotatable bonds is 6. The molecule has 1 saturated heterocycles. The molecular weight excluding hydrogens is 443 g/mol. The lowest BCUT2D eigenvalue weighted by molar-refractivity contribution is 0.0555. The molecule has 3 atom stereocenters. The van der Waals surface area contributed by atoms with Gasteiger partial charge < -0.3 is 25.0 Å². The number of aromatic amines is 1. The SMILES string of the molecule is CC(C)NC(=O)O[C@@H]1CC[C@H](c2cc(Nc3nc(N4CCOCC4)cc4nccn34)n[nH]2)[C@H]1F. The van der Waals surface area contributed by atoms with Crippen molar-refractivity contribution in [1.82, 2.24) is 29.9 Å². The second-order valence-corrected chi connectivity index (χ2v) is 8.90. The van der Waals surface area contributed by atoms with Gasteiger partial charge in [-0.2, -0.15) is 10.1 Å². The minimum Gasteiger partial charge on any atom is -0.443 e. The van der Waals surface area contributed by atoms with Crippen LogP contribution in [0.3, 0.4) is 0 Å². The Kier molecular flexibility index (Phi) is 6.22. The van der Waals surface area contributed by atoms with Crippen molar-refractivity contribution >= 4 is 29.3 Å². The van der Waals surface area contributed by atoms with E-state index in [1.165, 1.54) is 0 Å². The van der Waals surface area contributed by atoms with Gasteiger partial charge in [-0.1, -0.05) is 0 Å². The summed E-state index contributed by atoms with van der Waals surface area (Å²) in [4.78, 5) is 23.2. The number of imidazole rings is 1. The predicted molar refractivity (Wildman–Crippen MR) is 123 cm³/mol. The summed E-state index contributed by atoms with van der Waals surface area (Å²) in [5.41, 5.74) is 1.41. The van der Waals surface area contributed by atoms with E-state index in [2.05, 4.69) is 30.7 Å². The van der Waals surface area contributed by atoms with E-state index in [1.807, 2.05) is 30.5 Å². The number of fused-ring (bicyclic) bond motifs is 1. The van der Waals surface area contributed by atoms with Gasteiger partial charge in [0, 0.05) is 55.3 Å². The molecule has 1 aliphatic carbocycles. The molecule has 0 bridgehead atoms. The fourth-order valence-electron chi connectivity index (χ4n) is 4.44. The molecule has 1 saturated carbocycles. The summed E-state index contributed by atoms with van der Waals surface area (Å²) < 4.78 is 27.7. The Bertz CT molecular complexity index is 1140. The second kappa shape index (κ2) is 9.45. The first-order chi connectivity index (χ1) is 16.5. The molecule has 182 valence electrons. The van der Waals surface area contributed by atoms with Crippen molar-refractivity contribution < 1.29 is 18.7 Å². The fourth-order valence-corrected chi connectivity index (χ4v) is 4.44. The Morgan fingerprint density at radius 1 is 1.29 bits per heavy atom. The summed E-state index contributed by atoms with van der Waals surface area (Å²) in [6.45, 7) is 6.48. The summed E-state index contributed by atoms with van der Waals surface area (Å²) in [5.74, 6) is 1.45. The maximum Gasteiger partial charge on any atom is 0.407 e. The topological polar surface area (TPSA) is 122 Å². The average molecular weight is 473 g/mol. The highest BCUT2D eigenvalue weighted by Gasteiger charge is 2.41. The number of nitrogens with zero attached hydrogens (tertiary/aromatic N) is 5. The van der Waals surface area contributed by atoms with Gasteiger partial charge in [0.15, 0.2) is 5.82 Å². The zero-order chi connectivity index (χ0) is 23.7. The normalized spacial score (nSPS) is 22.9. The van der Waals surface area contributed by atoms with Crippen LogP contribution in [0.25, 0.3) is 5.65 Å². The second-order valence-electron chi connectivity index (χ2n) is 8.90. The van der Waals surface area contributed by atoms with Gasteiger partial charge in [0.2, 0.25) is 5.95 Å². The molecule has 12 heteroatoms. The summed E-state index contributed by atoms with van der Waals surface area (Å²) in [6, 6.07) is 3.65. The number of ether oxygens (including phenoxy) is 2. The van der Waals surface area contributed by atoms with E-state index in [9.17, 15) is 4.79 Å². The van der Waals surface area contributed by atoms with Crippen LogP contribution in [-0.2, 0) is 9.47 Å². The molecule has 11 nitrogen and oxygen atoms in total. The summed E-state index contributed by atoms with van der Waals surface area (Å²) in [5, 5.41) is 13.1. The van der Waals surface area contributed by atoms with Gasteiger partial charge in [-0.05, 0) is 26.7 Å². The van der Waals surface area contributed by atoms with Crippen molar-refractivity contribution in [3.05, 3.63) is 30.2 Å². The first-order valence-electron chi connectivity index (χ1n) is 11.6. The zero-order valence-electron chi connectivity index (χ0n) is 19.2. The number of carbonyl (C=O) groups is 1. The third-order valence-electron chi connectivity index (χ3n) is 6.11. The first kappa shape index (κ1) is 22.4. The van der Waals surface area contributed by atoms with E-state index in [-0.39, 0.29) is 6.04 Å². The summed E-state index contributed by atoms with van der Waals surface area (Å²) in [6.07, 6.45) is 1.86. The fraction of sp³-hybridized carbons (Fsp3) is 0.545. The highest BCUT2D eigenvalue weighted by Crippen LogP contribution is 2.38. The van der Waals surface area contributed by atoms with Crippen LogP contribution in [-0.4, -0.2) is 75.3 Å². The molecule has 5 rings (SSSR count). The number of hydrogen-bond donors (Lipinski definition) is 3. The number of alkyl halides is 1. The van der Waals surface area contributed by atoms with E-state index in [0.29, 0.717) is 43.5 Å². The van der Waals surface area contributed by atoms with Crippen LogP contribution < -0.4 is 15.5 Å². The van der Waals surface area contributed by atoms with E-state index < -0.39 is 24.3 Å². The zero-order valence-corrected chi connectivity index (χ0v) is 19.2. The van der Waals surface area contributed by atoms with Crippen molar-refractivity contribution in [3.8, 4) is 0 Å². The van der Waals surface area contributed by atoms with Gasteiger partial charge in [0.05, 0.1) is 13.2 Å². The molecular formula is C22H29FN8O3. The van der Waals surface area contributed by atoms with E-state index >= 15 is 4.39 Å². The van der Waals surface area contributed by atoms with Gasteiger partial charge in [0.25, 0.3) is 0 Å². The van der Waals surface area contributed by atoms with Crippen LogP contribution >= 0.6 is 0 Å². The Labute approximate surface area is 196 Å². The third kappa shape index (κ3) is 4.63. The number of amides is 1. The molecule has 2 aliphatic rings. The predicted octanol–water partition coefficient (Wildman–Crippen LogP) is 2.75. The molecule has 34 heavy (non-hydrogen) atoms. The van der Waals surface area contributed by atoms with Crippen LogP contribution in [0.4, 0.5) is 26.8 Å². The van der Waals surface area contributed by atoms with E-state index in [0.717, 1.165) is 24.6 Å². The van der Waals surface area contributed by atoms with Gasteiger partial charge >= 0.3 is 6.09 Å². The standard InChI is InChI=1S/C22H29FN8O3/c1-13(2)25-22(32)34-16-4-3-14(20(16)23)15-11-17(29-28-15)26-21-27-19(30-7-9-33-10-8-30)12-18-24-5-6-31(18)21/h5-6,11-14,16,20H,3-4,7-10H2,1-2H3,(H,25,32)(H2,26,27,28,29)/t14-,16-,20-/m1/s1. The van der Waals surface area contributed by atoms with Crippen LogP contribution in [0, 0.1) is 0 Å². The maximum atomic E-state index is 15.1. The lowest BCUT2D eigenvalue weighted by Gasteiger charge is -2.28. The van der Waals surface area contributed by atoms with Crippen LogP contribution in [0.15, 0.2) is 24.5 Å². The summed E-state index contributed by atoms with van der Waals surface area (Å²) >= 11 is 0. The highest BCUT2D eigenvalue weighted by molar-refractivity contribution is 5.67. The van der Waals surface area contributed by atoms with E-state index in [1.54, 1.807) is 12.3 Å². The monoisotopic (exact) mass is 472 g/mol. The smallest absolute Gasteiger partial charge is 0.407 e. The number of H-pyrrole nitrogens is 1. The van der Waals surface area contributed by atoms with Crippen molar-refractivity contribution in [2.24, 2.45) is 0 Å². The number of morpholine rings is 1. The Hall–Kier alpha value is -3.41. The van der Waals surface area contributed by atoms with Gasteiger partial charge in [-0.15, -0.1) is 0 Å². The Morgan fingerprint density at radius 3 is 2.91 bits per heavy atom. The molecule has 3 aromatic heterocycles. The largest absolute Gasteiger partial charge is 0.443 e. The molecule has 0 aromatic carbocycles. The minimum atomic E-state index is -1.31. The van der Waals surface area contributed by atoms with Gasteiger partial charge in [0.1, 0.15) is 23.7 Å². The minimum absolute atomic E-state index is 0.0682. The van der Waals surface area contributed by atoms with Gasteiger partial charge in [-0.3, -0.25) is 9.50 Å². The number of nitrogens with one attached hydrogen (secondary N) is 3. The number of hydrogen-bond acceptors (Lipinski definition) is 8. The number of carbonyl (C=O) groups excluding carboxylic acids is 1. The molecule has 3 N–H and O–H groups in total. The number of alkyl carbamates (subject to hydrolysis) is 1. The lowest BCUT2D eigenvalue weighted by atomic mass is 10.0. The van der Waals surface area contributed by atoms with Crippen LogP contribution in [0.1, 0.15) is 38.3 Å². The molecule has 4 heterocycles. The van der Waals surface area contributed by atoms with E-state index in [4.69, 9.17) is 14.5 Å². The molecule has 3 aromatic rings. The first-order valence-corrected chi connectivity index (χ1v) is 11.6. The lowest BCUT2D eigenvalue weighted by Crippen LogP contribution is -2.36. The van der Waals surface area contributed by atoms with Crippen molar-refractivity contribution in [2.45, 2.75) is 50.9 Å². The molecule has 0 radical (unpaired) electrons. The number of aromatic nitrogens is 5. The third-order valence-corrected chi connectivity index (χ3v) is 6.11.